The molecule has 2 heteroatoms. The fourth-order valence-corrected chi connectivity index (χ4v) is 4.16. The van der Waals surface area contributed by atoms with Gasteiger partial charge in [0, 0.05) is 11.5 Å². The van der Waals surface area contributed by atoms with Crippen LogP contribution in [0.5, 0.6) is 0 Å². The van der Waals surface area contributed by atoms with Gasteiger partial charge in [-0.05, 0) is 48.4 Å². The zero-order valence-corrected chi connectivity index (χ0v) is 13.9. The van der Waals surface area contributed by atoms with E-state index in [1.54, 1.807) is 0 Å². The van der Waals surface area contributed by atoms with Gasteiger partial charge in [0.05, 0.1) is 5.56 Å². The second-order valence-corrected chi connectivity index (χ2v) is 7.17. The second-order valence-electron chi connectivity index (χ2n) is 7.17. The highest BCUT2D eigenvalue weighted by atomic mass is 16.5. The molecule has 2 aliphatic rings. The zero-order chi connectivity index (χ0) is 16.1. The molecule has 0 spiro atoms. The fourth-order valence-electron chi connectivity index (χ4n) is 4.16. The molecule has 4 rings (SSSR count). The minimum Gasteiger partial charge on any atom is -0.454 e. The molecular formula is C21H22O2. The van der Waals surface area contributed by atoms with E-state index in [0.717, 1.165) is 24.0 Å². The maximum Gasteiger partial charge on any atom is 0.339 e. The third kappa shape index (κ3) is 2.20. The van der Waals surface area contributed by atoms with Gasteiger partial charge in [0.15, 0.2) is 0 Å². The number of aryl methyl sites for hydroxylation is 2. The first-order valence-electron chi connectivity index (χ1n) is 8.49. The average Bonchev–Trinajstić information content (AvgIpc) is 3.08. The fraction of sp³-hybridized carbons (Fsp3) is 0.381. The van der Waals surface area contributed by atoms with Crippen molar-refractivity contribution in [1.82, 2.24) is 0 Å². The summed E-state index contributed by atoms with van der Waals surface area (Å²) in [7, 11) is 0. The van der Waals surface area contributed by atoms with E-state index >= 15 is 0 Å². The minimum atomic E-state index is -0.164. The van der Waals surface area contributed by atoms with E-state index < -0.39 is 0 Å². The Kier molecular flexibility index (Phi) is 3.29. The van der Waals surface area contributed by atoms with E-state index in [1.165, 1.54) is 22.3 Å². The molecule has 0 N–H and O–H groups in total. The van der Waals surface area contributed by atoms with Crippen molar-refractivity contribution >= 4 is 5.97 Å². The van der Waals surface area contributed by atoms with Gasteiger partial charge in [0.2, 0.25) is 0 Å². The van der Waals surface area contributed by atoms with Crippen LogP contribution in [0.15, 0.2) is 36.4 Å². The van der Waals surface area contributed by atoms with Crippen LogP contribution < -0.4 is 0 Å². The molecule has 23 heavy (non-hydrogen) atoms. The van der Waals surface area contributed by atoms with Crippen LogP contribution in [-0.2, 0) is 11.2 Å². The lowest BCUT2D eigenvalue weighted by Crippen LogP contribution is -2.10. The molecule has 0 amide bonds. The molecule has 0 bridgehead atoms. The van der Waals surface area contributed by atoms with Crippen LogP contribution in [0.3, 0.4) is 0 Å². The van der Waals surface area contributed by atoms with E-state index in [1.807, 2.05) is 12.1 Å². The van der Waals surface area contributed by atoms with Gasteiger partial charge in [0.25, 0.3) is 0 Å². The molecule has 2 atom stereocenters. The van der Waals surface area contributed by atoms with Crippen LogP contribution in [0.4, 0.5) is 0 Å². The number of carbonyl (C=O) groups is 1. The summed E-state index contributed by atoms with van der Waals surface area (Å²) in [6.45, 7) is 6.39. The van der Waals surface area contributed by atoms with Crippen molar-refractivity contribution in [2.75, 3.05) is 0 Å². The first-order chi connectivity index (χ1) is 11.1. The van der Waals surface area contributed by atoms with Crippen LogP contribution in [-0.4, -0.2) is 5.97 Å². The monoisotopic (exact) mass is 306 g/mol. The topological polar surface area (TPSA) is 26.3 Å². The zero-order valence-electron chi connectivity index (χ0n) is 13.9. The minimum absolute atomic E-state index is 0.108. The van der Waals surface area contributed by atoms with E-state index in [2.05, 4.69) is 45.0 Å². The van der Waals surface area contributed by atoms with Crippen LogP contribution in [0.25, 0.3) is 0 Å². The van der Waals surface area contributed by atoms with E-state index in [4.69, 9.17) is 4.74 Å². The normalized spacial score (nSPS) is 22.2. The number of hydrogen-bond acceptors (Lipinski definition) is 2. The number of fused-ring (bicyclic) bond motifs is 2. The van der Waals surface area contributed by atoms with Crippen LogP contribution in [0.2, 0.25) is 0 Å². The van der Waals surface area contributed by atoms with Gasteiger partial charge in [0.1, 0.15) is 6.10 Å². The standard InChI is InChI=1S/C21H22O2/c1-12(2)20-19-17(5-4-6-18(19)21(22)23-20)16-10-8-14-11-13(3)7-9-15(14)16/h4-7,9,11-12,16,20H,8,10H2,1-3H3. The molecule has 2 unspecified atom stereocenters. The quantitative estimate of drug-likeness (QED) is 0.735. The Balaban J connectivity index is 1.85. The molecule has 1 aliphatic carbocycles. The number of hydrogen-bond donors (Lipinski definition) is 0. The molecule has 2 nitrogen and oxygen atoms in total. The molecular weight excluding hydrogens is 284 g/mol. The van der Waals surface area contributed by atoms with Gasteiger partial charge in [-0.25, -0.2) is 4.79 Å². The van der Waals surface area contributed by atoms with Crippen molar-refractivity contribution in [2.24, 2.45) is 5.92 Å². The van der Waals surface area contributed by atoms with Crippen molar-refractivity contribution in [3.05, 3.63) is 69.8 Å². The summed E-state index contributed by atoms with van der Waals surface area (Å²) >= 11 is 0. The molecule has 2 aromatic carbocycles. The SMILES string of the molecule is Cc1ccc2c(c1)CCC2c1cccc2c1C(C(C)C)OC2=O. The Hall–Kier alpha value is -2.09. The van der Waals surface area contributed by atoms with Crippen molar-refractivity contribution in [3.63, 3.8) is 0 Å². The summed E-state index contributed by atoms with van der Waals surface area (Å²) in [5, 5.41) is 0. The predicted molar refractivity (Wildman–Crippen MR) is 90.8 cm³/mol. The molecule has 0 aromatic heterocycles. The summed E-state index contributed by atoms with van der Waals surface area (Å²) in [4.78, 5) is 12.2. The molecule has 1 heterocycles. The van der Waals surface area contributed by atoms with Crippen molar-refractivity contribution in [3.8, 4) is 0 Å². The Bertz CT molecular complexity index is 788. The van der Waals surface area contributed by atoms with Crippen molar-refractivity contribution in [2.45, 2.75) is 45.6 Å². The highest BCUT2D eigenvalue weighted by molar-refractivity contribution is 5.94. The number of rotatable bonds is 2. The predicted octanol–water partition coefficient (Wildman–Crippen LogP) is 4.94. The van der Waals surface area contributed by atoms with Crippen LogP contribution in [0.1, 0.15) is 70.5 Å². The molecule has 1 aliphatic heterocycles. The van der Waals surface area contributed by atoms with Crippen molar-refractivity contribution in [1.29, 1.82) is 0 Å². The lowest BCUT2D eigenvalue weighted by atomic mass is 9.84. The van der Waals surface area contributed by atoms with E-state index in [0.29, 0.717) is 11.8 Å². The average molecular weight is 306 g/mol. The molecule has 0 saturated carbocycles. The summed E-state index contributed by atoms with van der Waals surface area (Å²) in [5.74, 6) is 0.513. The summed E-state index contributed by atoms with van der Waals surface area (Å²) in [6, 6.07) is 12.9. The third-order valence-electron chi connectivity index (χ3n) is 5.24. The lowest BCUT2D eigenvalue weighted by molar-refractivity contribution is 0.0278. The van der Waals surface area contributed by atoms with Gasteiger partial charge in [-0.1, -0.05) is 49.7 Å². The number of ether oxygens (including phenoxy) is 1. The smallest absolute Gasteiger partial charge is 0.339 e. The maximum atomic E-state index is 12.2. The molecule has 2 aromatic rings. The summed E-state index contributed by atoms with van der Waals surface area (Å²) in [6.07, 6.45) is 2.13. The van der Waals surface area contributed by atoms with E-state index in [9.17, 15) is 4.79 Å². The first kappa shape index (κ1) is 14.5. The number of esters is 1. The Morgan fingerprint density at radius 2 is 1.96 bits per heavy atom. The van der Waals surface area contributed by atoms with Crippen LogP contribution >= 0.6 is 0 Å². The molecule has 0 saturated heterocycles. The van der Waals surface area contributed by atoms with Gasteiger partial charge in [-0.2, -0.15) is 0 Å². The third-order valence-corrected chi connectivity index (χ3v) is 5.24. The highest BCUT2D eigenvalue weighted by Gasteiger charge is 2.38. The molecule has 0 fully saturated rings. The number of cyclic esters (lactones) is 1. The molecule has 118 valence electrons. The Morgan fingerprint density at radius 3 is 2.74 bits per heavy atom. The van der Waals surface area contributed by atoms with Gasteiger partial charge in [-0.3, -0.25) is 0 Å². The van der Waals surface area contributed by atoms with Gasteiger partial charge < -0.3 is 4.74 Å². The maximum absolute atomic E-state index is 12.2. The number of carbonyl (C=O) groups excluding carboxylic acids is 1. The lowest BCUT2D eigenvalue weighted by Gasteiger charge is -2.21. The van der Waals surface area contributed by atoms with E-state index in [-0.39, 0.29) is 12.1 Å². The second kappa shape index (κ2) is 5.23. The summed E-state index contributed by atoms with van der Waals surface area (Å²) < 4.78 is 5.66. The van der Waals surface area contributed by atoms with Gasteiger partial charge in [-0.15, -0.1) is 0 Å². The number of benzene rings is 2. The highest BCUT2D eigenvalue weighted by Crippen LogP contribution is 2.46. The first-order valence-corrected chi connectivity index (χ1v) is 8.49. The summed E-state index contributed by atoms with van der Waals surface area (Å²) in [5.41, 5.74) is 7.38. The molecule has 0 radical (unpaired) electrons. The van der Waals surface area contributed by atoms with Crippen molar-refractivity contribution < 1.29 is 9.53 Å². The van der Waals surface area contributed by atoms with Crippen LogP contribution in [0, 0.1) is 12.8 Å². The Morgan fingerprint density at radius 1 is 1.13 bits per heavy atom. The van der Waals surface area contributed by atoms with Gasteiger partial charge >= 0.3 is 5.97 Å². The largest absolute Gasteiger partial charge is 0.454 e. The Labute approximate surface area is 137 Å².